The standard InChI is InChI=1S/C13H16F2N2O/c1-17(11-3-4-11)13(18)8-16-7-9-6-10(14)2-5-12(9)15/h2,5-6,11,16H,3-4,7-8H2,1H3. The Bertz CT molecular complexity index is 447. The molecule has 1 saturated carbocycles. The lowest BCUT2D eigenvalue weighted by molar-refractivity contribution is -0.129. The highest BCUT2D eigenvalue weighted by molar-refractivity contribution is 5.78. The molecule has 0 saturated heterocycles. The van der Waals surface area contributed by atoms with Gasteiger partial charge in [-0.3, -0.25) is 4.79 Å². The number of likely N-dealkylation sites (N-methyl/N-ethyl adjacent to an activating group) is 1. The molecule has 1 aromatic carbocycles. The Balaban J connectivity index is 1.80. The fourth-order valence-electron chi connectivity index (χ4n) is 1.77. The van der Waals surface area contributed by atoms with E-state index in [1.54, 1.807) is 11.9 Å². The molecule has 0 aromatic heterocycles. The average Bonchev–Trinajstić information content (AvgIpc) is 3.16. The van der Waals surface area contributed by atoms with Gasteiger partial charge in [0.15, 0.2) is 0 Å². The summed E-state index contributed by atoms with van der Waals surface area (Å²) < 4.78 is 26.2. The van der Waals surface area contributed by atoms with E-state index in [-0.39, 0.29) is 24.6 Å². The van der Waals surface area contributed by atoms with Gasteiger partial charge in [0, 0.05) is 25.2 Å². The Kier molecular flexibility index (Phi) is 3.91. The lowest BCUT2D eigenvalue weighted by Gasteiger charge is -2.16. The zero-order valence-corrected chi connectivity index (χ0v) is 10.2. The normalized spacial score (nSPS) is 14.6. The molecule has 1 aliphatic rings. The minimum absolute atomic E-state index is 0.0192. The van der Waals surface area contributed by atoms with Crippen molar-refractivity contribution in [1.29, 1.82) is 0 Å². The smallest absolute Gasteiger partial charge is 0.236 e. The minimum Gasteiger partial charge on any atom is -0.342 e. The Morgan fingerprint density at radius 2 is 2.17 bits per heavy atom. The molecular formula is C13H16F2N2O. The van der Waals surface area contributed by atoms with Crippen molar-refractivity contribution in [1.82, 2.24) is 10.2 Å². The number of benzene rings is 1. The predicted octanol–water partition coefficient (Wildman–Crippen LogP) is 1.68. The molecule has 1 amide bonds. The molecule has 1 N–H and O–H groups in total. The van der Waals surface area contributed by atoms with Crippen LogP contribution in [0.2, 0.25) is 0 Å². The Labute approximate surface area is 105 Å². The van der Waals surface area contributed by atoms with Gasteiger partial charge in [0.25, 0.3) is 0 Å². The molecule has 0 radical (unpaired) electrons. The summed E-state index contributed by atoms with van der Waals surface area (Å²) in [6, 6.07) is 3.66. The molecule has 1 fully saturated rings. The highest BCUT2D eigenvalue weighted by Crippen LogP contribution is 2.25. The van der Waals surface area contributed by atoms with E-state index in [1.807, 2.05) is 0 Å². The number of halogens is 2. The monoisotopic (exact) mass is 254 g/mol. The molecule has 1 aliphatic carbocycles. The van der Waals surface area contributed by atoms with E-state index in [4.69, 9.17) is 0 Å². The van der Waals surface area contributed by atoms with Gasteiger partial charge in [-0.25, -0.2) is 8.78 Å². The van der Waals surface area contributed by atoms with Crippen LogP contribution < -0.4 is 5.32 Å². The number of nitrogens with one attached hydrogen (secondary N) is 1. The molecule has 0 bridgehead atoms. The summed E-state index contributed by atoms with van der Waals surface area (Å²) in [5, 5.41) is 2.84. The summed E-state index contributed by atoms with van der Waals surface area (Å²) in [5.74, 6) is -0.962. The van der Waals surface area contributed by atoms with Gasteiger partial charge in [-0.05, 0) is 31.0 Å². The van der Waals surface area contributed by atoms with Crippen LogP contribution >= 0.6 is 0 Å². The van der Waals surface area contributed by atoms with Gasteiger partial charge >= 0.3 is 0 Å². The van der Waals surface area contributed by atoms with Crippen LogP contribution in [0.4, 0.5) is 8.78 Å². The first kappa shape index (κ1) is 13.0. The number of hydrogen-bond donors (Lipinski definition) is 1. The quantitative estimate of drug-likeness (QED) is 0.867. The second-order valence-corrected chi connectivity index (χ2v) is 4.58. The highest BCUT2D eigenvalue weighted by Gasteiger charge is 2.28. The zero-order valence-electron chi connectivity index (χ0n) is 10.2. The molecule has 5 heteroatoms. The number of carbonyl (C=O) groups excluding carboxylic acids is 1. The summed E-state index contributed by atoms with van der Waals surface area (Å²) in [4.78, 5) is 13.4. The number of rotatable bonds is 5. The summed E-state index contributed by atoms with van der Waals surface area (Å²) >= 11 is 0. The molecule has 0 aliphatic heterocycles. The maximum atomic E-state index is 13.3. The molecule has 2 rings (SSSR count). The van der Waals surface area contributed by atoms with Gasteiger partial charge < -0.3 is 10.2 Å². The van der Waals surface area contributed by atoms with E-state index >= 15 is 0 Å². The van der Waals surface area contributed by atoms with Gasteiger partial charge in [-0.2, -0.15) is 0 Å². The Hall–Kier alpha value is -1.49. The second kappa shape index (κ2) is 5.44. The van der Waals surface area contributed by atoms with Gasteiger partial charge in [0.2, 0.25) is 5.91 Å². The van der Waals surface area contributed by atoms with E-state index in [0.717, 1.165) is 31.0 Å². The van der Waals surface area contributed by atoms with Gasteiger partial charge in [-0.15, -0.1) is 0 Å². The second-order valence-electron chi connectivity index (χ2n) is 4.58. The van der Waals surface area contributed by atoms with Crippen molar-refractivity contribution in [2.45, 2.75) is 25.4 Å². The van der Waals surface area contributed by atoms with E-state index in [9.17, 15) is 13.6 Å². The van der Waals surface area contributed by atoms with Gasteiger partial charge in [0.05, 0.1) is 6.54 Å². The zero-order chi connectivity index (χ0) is 13.1. The van der Waals surface area contributed by atoms with Crippen molar-refractivity contribution in [3.05, 3.63) is 35.4 Å². The van der Waals surface area contributed by atoms with Crippen LogP contribution in [0, 0.1) is 11.6 Å². The summed E-state index contributed by atoms with van der Waals surface area (Å²) in [7, 11) is 1.77. The van der Waals surface area contributed by atoms with Crippen molar-refractivity contribution < 1.29 is 13.6 Å². The maximum absolute atomic E-state index is 13.3. The first-order valence-electron chi connectivity index (χ1n) is 5.98. The number of nitrogens with zero attached hydrogens (tertiary/aromatic N) is 1. The minimum atomic E-state index is -0.477. The van der Waals surface area contributed by atoms with E-state index in [2.05, 4.69) is 5.32 Å². The summed E-state index contributed by atoms with van der Waals surface area (Å²) in [5.41, 5.74) is 0.233. The van der Waals surface area contributed by atoms with Crippen molar-refractivity contribution in [2.75, 3.05) is 13.6 Å². The van der Waals surface area contributed by atoms with Crippen LogP contribution in [0.1, 0.15) is 18.4 Å². The van der Waals surface area contributed by atoms with Gasteiger partial charge in [0.1, 0.15) is 11.6 Å². The summed E-state index contributed by atoms with van der Waals surface area (Å²) in [6.07, 6.45) is 2.11. The van der Waals surface area contributed by atoms with Crippen LogP contribution in [0.3, 0.4) is 0 Å². The Morgan fingerprint density at radius 1 is 1.44 bits per heavy atom. The third kappa shape index (κ3) is 3.26. The molecule has 1 aromatic rings. The lowest BCUT2D eigenvalue weighted by Crippen LogP contribution is -2.36. The molecule has 0 spiro atoms. The van der Waals surface area contributed by atoms with Crippen LogP contribution in [0.25, 0.3) is 0 Å². The third-order valence-corrected chi connectivity index (χ3v) is 3.09. The topological polar surface area (TPSA) is 32.3 Å². The van der Waals surface area contributed by atoms with Gasteiger partial charge in [-0.1, -0.05) is 0 Å². The number of amides is 1. The fraction of sp³-hybridized carbons (Fsp3) is 0.462. The SMILES string of the molecule is CN(C(=O)CNCc1cc(F)ccc1F)C1CC1. The van der Waals surface area contributed by atoms with Crippen molar-refractivity contribution in [3.8, 4) is 0 Å². The predicted molar refractivity (Wildman–Crippen MR) is 63.9 cm³/mol. The molecule has 0 atom stereocenters. The maximum Gasteiger partial charge on any atom is 0.236 e. The molecule has 0 heterocycles. The van der Waals surface area contributed by atoms with Crippen LogP contribution in [0.15, 0.2) is 18.2 Å². The van der Waals surface area contributed by atoms with Crippen LogP contribution in [-0.2, 0) is 11.3 Å². The largest absolute Gasteiger partial charge is 0.342 e. The molecular weight excluding hydrogens is 238 g/mol. The Morgan fingerprint density at radius 3 is 2.83 bits per heavy atom. The average molecular weight is 254 g/mol. The first-order valence-corrected chi connectivity index (χ1v) is 5.98. The van der Waals surface area contributed by atoms with Crippen LogP contribution in [0.5, 0.6) is 0 Å². The van der Waals surface area contributed by atoms with Crippen molar-refractivity contribution in [3.63, 3.8) is 0 Å². The van der Waals surface area contributed by atoms with E-state index in [1.165, 1.54) is 0 Å². The van der Waals surface area contributed by atoms with E-state index in [0.29, 0.717) is 6.04 Å². The fourth-order valence-corrected chi connectivity index (χ4v) is 1.77. The molecule has 3 nitrogen and oxygen atoms in total. The number of carbonyl (C=O) groups is 1. The van der Waals surface area contributed by atoms with Crippen molar-refractivity contribution in [2.24, 2.45) is 0 Å². The summed E-state index contributed by atoms with van der Waals surface area (Å²) in [6.45, 7) is 0.288. The van der Waals surface area contributed by atoms with E-state index < -0.39 is 11.6 Å². The molecule has 18 heavy (non-hydrogen) atoms. The number of hydrogen-bond acceptors (Lipinski definition) is 2. The van der Waals surface area contributed by atoms with Crippen molar-refractivity contribution >= 4 is 5.91 Å². The third-order valence-electron chi connectivity index (χ3n) is 3.09. The lowest BCUT2D eigenvalue weighted by atomic mass is 10.2. The highest BCUT2D eigenvalue weighted by atomic mass is 19.1. The molecule has 98 valence electrons. The van der Waals surface area contributed by atoms with Crippen LogP contribution in [-0.4, -0.2) is 30.4 Å². The first-order chi connectivity index (χ1) is 8.58. The molecule has 0 unspecified atom stereocenters.